The second-order valence-corrected chi connectivity index (χ2v) is 4.12. The fraction of sp³-hybridized carbons (Fsp3) is 0.636. The van der Waals surface area contributed by atoms with E-state index in [1.807, 2.05) is 12.3 Å². The van der Waals surface area contributed by atoms with Crippen LogP contribution >= 0.6 is 0 Å². The summed E-state index contributed by atoms with van der Waals surface area (Å²) >= 11 is 0. The van der Waals surface area contributed by atoms with Gasteiger partial charge in [-0.1, -0.05) is 0 Å². The Hall–Kier alpha value is -1.40. The molecule has 2 atom stereocenters. The van der Waals surface area contributed by atoms with Crippen LogP contribution in [0.4, 0.5) is 0 Å². The van der Waals surface area contributed by atoms with Crippen molar-refractivity contribution in [2.45, 2.75) is 31.6 Å². The molecule has 1 fully saturated rings. The average molecular weight is 238 g/mol. The molecule has 0 saturated carbocycles. The lowest BCUT2D eigenvalue weighted by Crippen LogP contribution is -2.37. The van der Waals surface area contributed by atoms with Crippen molar-refractivity contribution in [3.63, 3.8) is 0 Å². The highest BCUT2D eigenvalue weighted by atomic mass is 16.5. The van der Waals surface area contributed by atoms with E-state index in [0.29, 0.717) is 19.6 Å². The predicted octanol–water partition coefficient (Wildman–Crippen LogP) is -0.494. The van der Waals surface area contributed by atoms with Gasteiger partial charge < -0.3 is 15.8 Å². The molecule has 0 bridgehead atoms. The summed E-state index contributed by atoms with van der Waals surface area (Å²) in [5, 5.41) is 6.90. The van der Waals surface area contributed by atoms with Crippen molar-refractivity contribution in [1.82, 2.24) is 15.1 Å². The molecule has 1 aromatic heterocycles. The zero-order chi connectivity index (χ0) is 12.1. The number of hydrogen-bond donors (Lipinski definition) is 2. The van der Waals surface area contributed by atoms with Crippen LogP contribution in [-0.4, -0.2) is 41.0 Å². The number of carbonyl (C=O) groups excluding carboxylic acids is 1. The largest absolute Gasteiger partial charge is 0.364 e. The Bertz CT molecular complexity index is 352. The highest BCUT2D eigenvalue weighted by Crippen LogP contribution is 2.18. The molecule has 6 heteroatoms. The van der Waals surface area contributed by atoms with Gasteiger partial charge in [-0.05, 0) is 18.9 Å². The van der Waals surface area contributed by atoms with Gasteiger partial charge in [-0.25, -0.2) is 0 Å². The number of nitrogens with two attached hydrogens (primary N) is 1. The Morgan fingerprint density at radius 3 is 3.12 bits per heavy atom. The molecule has 2 unspecified atom stereocenters. The van der Waals surface area contributed by atoms with Gasteiger partial charge in [0.05, 0.1) is 12.6 Å². The molecule has 0 aromatic carbocycles. The van der Waals surface area contributed by atoms with Crippen LogP contribution in [0.15, 0.2) is 18.5 Å². The first-order valence-corrected chi connectivity index (χ1v) is 5.90. The number of nitrogens with zero attached hydrogens (tertiary/aromatic N) is 2. The number of rotatable bonds is 5. The van der Waals surface area contributed by atoms with E-state index in [4.69, 9.17) is 10.5 Å². The maximum atomic E-state index is 11.7. The zero-order valence-corrected chi connectivity index (χ0v) is 9.71. The van der Waals surface area contributed by atoms with Crippen molar-refractivity contribution in [1.29, 1.82) is 0 Å². The van der Waals surface area contributed by atoms with E-state index in [2.05, 4.69) is 10.4 Å². The standard InChI is InChI=1S/C11H18N4O2/c12-8-9-2-3-10(17-9)11(16)13-5-7-15-6-1-4-14-15/h1,4,6,9-10H,2-3,5,7-8,12H2,(H,13,16). The molecule has 3 N–H and O–H groups in total. The molecule has 17 heavy (non-hydrogen) atoms. The van der Waals surface area contributed by atoms with E-state index < -0.39 is 0 Å². The summed E-state index contributed by atoms with van der Waals surface area (Å²) in [6.45, 7) is 1.72. The maximum absolute atomic E-state index is 11.7. The molecule has 1 amide bonds. The molecular formula is C11H18N4O2. The molecule has 0 radical (unpaired) electrons. The number of nitrogens with one attached hydrogen (secondary N) is 1. The normalized spacial score (nSPS) is 23.8. The van der Waals surface area contributed by atoms with E-state index in [1.165, 1.54) is 0 Å². The SMILES string of the molecule is NCC1CCC(C(=O)NCCn2cccn2)O1. The van der Waals surface area contributed by atoms with Gasteiger partial charge in [0.15, 0.2) is 0 Å². The summed E-state index contributed by atoms with van der Waals surface area (Å²) in [4.78, 5) is 11.7. The van der Waals surface area contributed by atoms with E-state index >= 15 is 0 Å². The first-order valence-electron chi connectivity index (χ1n) is 5.90. The molecule has 0 spiro atoms. The Kier molecular flexibility index (Phi) is 4.11. The summed E-state index contributed by atoms with van der Waals surface area (Å²) in [6.07, 6.45) is 4.91. The fourth-order valence-electron chi connectivity index (χ4n) is 1.91. The molecule has 1 saturated heterocycles. The summed E-state index contributed by atoms with van der Waals surface area (Å²) in [6, 6.07) is 1.85. The minimum atomic E-state index is -0.332. The van der Waals surface area contributed by atoms with Crippen molar-refractivity contribution < 1.29 is 9.53 Å². The van der Waals surface area contributed by atoms with Gasteiger partial charge >= 0.3 is 0 Å². The molecule has 1 aliphatic heterocycles. The van der Waals surface area contributed by atoms with Crippen molar-refractivity contribution in [2.24, 2.45) is 5.73 Å². The van der Waals surface area contributed by atoms with Gasteiger partial charge in [0.1, 0.15) is 6.10 Å². The molecule has 2 rings (SSSR count). The number of ether oxygens (including phenoxy) is 1. The van der Waals surface area contributed by atoms with Crippen molar-refractivity contribution in [3.05, 3.63) is 18.5 Å². The van der Waals surface area contributed by atoms with Crippen LogP contribution in [0.3, 0.4) is 0 Å². The van der Waals surface area contributed by atoms with Gasteiger partial charge in [-0.2, -0.15) is 5.10 Å². The van der Waals surface area contributed by atoms with E-state index in [-0.39, 0.29) is 18.1 Å². The minimum Gasteiger partial charge on any atom is -0.364 e. The predicted molar refractivity (Wildman–Crippen MR) is 62.2 cm³/mol. The monoisotopic (exact) mass is 238 g/mol. The van der Waals surface area contributed by atoms with Crippen molar-refractivity contribution in [2.75, 3.05) is 13.1 Å². The average Bonchev–Trinajstić information content (AvgIpc) is 2.99. The van der Waals surface area contributed by atoms with E-state index in [9.17, 15) is 4.79 Å². The molecule has 0 aliphatic carbocycles. The maximum Gasteiger partial charge on any atom is 0.249 e. The lowest BCUT2D eigenvalue weighted by molar-refractivity contribution is -0.131. The summed E-state index contributed by atoms with van der Waals surface area (Å²) in [5.74, 6) is -0.0480. The topological polar surface area (TPSA) is 82.2 Å². The van der Waals surface area contributed by atoms with Crippen molar-refractivity contribution >= 4 is 5.91 Å². The van der Waals surface area contributed by atoms with Crippen LogP contribution in [0.1, 0.15) is 12.8 Å². The quantitative estimate of drug-likeness (QED) is 0.725. The molecule has 1 aliphatic rings. The van der Waals surface area contributed by atoms with E-state index in [1.54, 1.807) is 10.9 Å². The number of amides is 1. The van der Waals surface area contributed by atoms with Gasteiger partial charge in [-0.15, -0.1) is 0 Å². The van der Waals surface area contributed by atoms with Crippen LogP contribution in [-0.2, 0) is 16.1 Å². The Labute approximate surface area is 100 Å². The molecule has 2 heterocycles. The lowest BCUT2D eigenvalue weighted by Gasteiger charge is -2.12. The fourth-order valence-corrected chi connectivity index (χ4v) is 1.91. The third-order valence-electron chi connectivity index (χ3n) is 2.86. The summed E-state index contributed by atoms with van der Waals surface area (Å²) < 4.78 is 7.28. The first-order chi connectivity index (χ1) is 8.29. The molecule has 94 valence electrons. The Morgan fingerprint density at radius 2 is 2.47 bits per heavy atom. The van der Waals surface area contributed by atoms with E-state index in [0.717, 1.165) is 12.8 Å². The van der Waals surface area contributed by atoms with Crippen LogP contribution in [0.25, 0.3) is 0 Å². The van der Waals surface area contributed by atoms with Gasteiger partial charge in [0, 0.05) is 25.5 Å². The summed E-state index contributed by atoms with van der Waals surface area (Å²) in [5.41, 5.74) is 5.49. The van der Waals surface area contributed by atoms with Crippen LogP contribution < -0.4 is 11.1 Å². The number of carbonyl (C=O) groups is 1. The van der Waals surface area contributed by atoms with Gasteiger partial charge in [0.2, 0.25) is 5.91 Å². The third kappa shape index (κ3) is 3.28. The first kappa shape index (κ1) is 12.1. The number of hydrogen-bond acceptors (Lipinski definition) is 4. The van der Waals surface area contributed by atoms with Gasteiger partial charge in [0.25, 0.3) is 0 Å². The minimum absolute atomic E-state index is 0.0388. The van der Waals surface area contributed by atoms with Crippen LogP contribution in [0.2, 0.25) is 0 Å². The Balaban J connectivity index is 1.67. The second-order valence-electron chi connectivity index (χ2n) is 4.12. The Morgan fingerprint density at radius 1 is 1.59 bits per heavy atom. The highest BCUT2D eigenvalue weighted by molar-refractivity contribution is 5.80. The second kappa shape index (κ2) is 5.79. The molecular weight excluding hydrogens is 220 g/mol. The molecule has 6 nitrogen and oxygen atoms in total. The van der Waals surface area contributed by atoms with Crippen LogP contribution in [0, 0.1) is 0 Å². The molecule has 1 aromatic rings. The zero-order valence-electron chi connectivity index (χ0n) is 9.71. The smallest absolute Gasteiger partial charge is 0.249 e. The van der Waals surface area contributed by atoms with Crippen LogP contribution in [0.5, 0.6) is 0 Å². The van der Waals surface area contributed by atoms with Crippen molar-refractivity contribution in [3.8, 4) is 0 Å². The summed E-state index contributed by atoms with van der Waals surface area (Å²) in [7, 11) is 0. The lowest BCUT2D eigenvalue weighted by atomic mass is 10.2. The number of aromatic nitrogens is 2. The van der Waals surface area contributed by atoms with Gasteiger partial charge in [-0.3, -0.25) is 9.48 Å². The third-order valence-corrected chi connectivity index (χ3v) is 2.86. The highest BCUT2D eigenvalue weighted by Gasteiger charge is 2.29.